The second-order valence-electron chi connectivity index (χ2n) is 6.10. The zero-order valence-corrected chi connectivity index (χ0v) is 15.4. The molecule has 21 heavy (non-hydrogen) atoms. The maximum atomic E-state index is 5.02. The molecule has 2 rings (SSSR count). The van der Waals surface area contributed by atoms with Crippen LogP contribution in [0.2, 0.25) is 0 Å². The average molecular weight is 328 g/mol. The van der Waals surface area contributed by atoms with E-state index in [9.17, 15) is 0 Å². The molecule has 0 aromatic carbocycles. The lowest BCUT2D eigenvalue weighted by atomic mass is 10.0. The Morgan fingerprint density at radius 2 is 2.05 bits per heavy atom. The Balaban J connectivity index is 2.17. The van der Waals surface area contributed by atoms with E-state index in [1.54, 1.807) is 0 Å². The van der Waals surface area contributed by atoms with Gasteiger partial charge in [-0.05, 0) is 24.5 Å². The van der Waals surface area contributed by atoms with Crippen LogP contribution in [0, 0.1) is 0 Å². The normalized spacial score (nSPS) is 18.0. The van der Waals surface area contributed by atoms with Crippen LogP contribution in [-0.4, -0.2) is 35.6 Å². The molecule has 0 bridgehead atoms. The van der Waals surface area contributed by atoms with Crippen LogP contribution in [0.3, 0.4) is 0 Å². The Morgan fingerprint density at radius 1 is 1.24 bits per heavy atom. The third-order valence-electron chi connectivity index (χ3n) is 3.96. The van der Waals surface area contributed by atoms with Gasteiger partial charge in [-0.2, -0.15) is 11.8 Å². The Labute approximate surface area is 137 Å². The maximum absolute atomic E-state index is 5.02. The van der Waals surface area contributed by atoms with Gasteiger partial charge in [-0.15, -0.1) is 11.3 Å². The van der Waals surface area contributed by atoms with E-state index >= 15 is 0 Å². The molecule has 1 aromatic heterocycles. The summed E-state index contributed by atoms with van der Waals surface area (Å²) in [4.78, 5) is 8.95. The third-order valence-corrected chi connectivity index (χ3v) is 6.14. The van der Waals surface area contributed by atoms with Crippen molar-refractivity contribution >= 4 is 28.2 Å². The van der Waals surface area contributed by atoms with E-state index in [2.05, 4.69) is 49.7 Å². The summed E-state index contributed by atoms with van der Waals surface area (Å²) in [5.41, 5.74) is 1.32. The third kappa shape index (κ3) is 4.86. The summed E-state index contributed by atoms with van der Waals surface area (Å²) in [5.74, 6) is 3.08. The zero-order chi connectivity index (χ0) is 15.2. The van der Waals surface area contributed by atoms with Gasteiger partial charge >= 0.3 is 0 Å². The van der Waals surface area contributed by atoms with Crippen LogP contribution in [0.15, 0.2) is 0 Å². The minimum absolute atomic E-state index is 0.523. The molecule has 1 aromatic rings. The Bertz CT molecular complexity index is 423. The molecule has 120 valence electrons. The smallest absolute Gasteiger partial charge is 0.185 e. The van der Waals surface area contributed by atoms with Crippen molar-refractivity contribution in [3.8, 4) is 0 Å². The first kappa shape index (κ1) is 17.1. The summed E-state index contributed by atoms with van der Waals surface area (Å²) >= 11 is 3.98. The van der Waals surface area contributed by atoms with Crippen LogP contribution in [0.1, 0.15) is 57.0 Å². The quantitative estimate of drug-likeness (QED) is 0.851. The molecule has 0 amide bonds. The summed E-state index contributed by atoms with van der Waals surface area (Å²) < 4.78 is 0. The molecule has 1 N–H and O–H groups in total. The first-order valence-electron chi connectivity index (χ1n) is 8.17. The molecule has 5 heteroatoms. The molecule has 1 unspecified atom stereocenters. The van der Waals surface area contributed by atoms with Crippen molar-refractivity contribution in [3.63, 3.8) is 0 Å². The molecular formula is C16H29N3S2. The highest BCUT2D eigenvalue weighted by molar-refractivity contribution is 7.99. The van der Waals surface area contributed by atoms with Crippen molar-refractivity contribution in [1.82, 2.24) is 10.3 Å². The van der Waals surface area contributed by atoms with E-state index in [-0.39, 0.29) is 0 Å². The number of rotatable bonds is 6. The van der Waals surface area contributed by atoms with Crippen LogP contribution >= 0.6 is 23.1 Å². The summed E-state index contributed by atoms with van der Waals surface area (Å²) in [6.07, 6.45) is 2.44. The van der Waals surface area contributed by atoms with Crippen LogP contribution in [-0.2, 0) is 6.54 Å². The van der Waals surface area contributed by atoms with Crippen molar-refractivity contribution < 1.29 is 0 Å². The van der Waals surface area contributed by atoms with Crippen LogP contribution in [0.5, 0.6) is 0 Å². The van der Waals surface area contributed by atoms with Gasteiger partial charge in [-0.25, -0.2) is 4.98 Å². The summed E-state index contributed by atoms with van der Waals surface area (Å²) in [6, 6.07) is 0.523. The molecular weight excluding hydrogens is 298 g/mol. The number of thiazole rings is 1. The molecule has 3 nitrogen and oxygen atoms in total. The number of nitrogens with zero attached hydrogens (tertiary/aromatic N) is 2. The van der Waals surface area contributed by atoms with Crippen molar-refractivity contribution in [2.24, 2.45) is 0 Å². The van der Waals surface area contributed by atoms with E-state index in [0.29, 0.717) is 12.0 Å². The molecule has 0 spiro atoms. The number of anilines is 1. The van der Waals surface area contributed by atoms with E-state index in [0.717, 1.165) is 26.1 Å². The Morgan fingerprint density at radius 3 is 2.76 bits per heavy atom. The molecule has 1 fully saturated rings. The minimum Gasteiger partial charge on any atom is -0.347 e. The second-order valence-corrected chi connectivity index (χ2v) is 8.39. The van der Waals surface area contributed by atoms with E-state index in [4.69, 9.17) is 4.98 Å². The number of hydrogen-bond acceptors (Lipinski definition) is 5. The van der Waals surface area contributed by atoms with Gasteiger partial charge in [0.1, 0.15) is 0 Å². The fraction of sp³-hybridized carbons (Fsp3) is 0.812. The van der Waals surface area contributed by atoms with Crippen molar-refractivity contribution in [2.45, 2.75) is 59.0 Å². The SMILES string of the molecule is CCC(C)c1nc(N2CCCSCC2)sc1CNC(C)C. The zero-order valence-electron chi connectivity index (χ0n) is 13.8. The summed E-state index contributed by atoms with van der Waals surface area (Å²) in [5, 5.41) is 4.80. The summed E-state index contributed by atoms with van der Waals surface area (Å²) in [6.45, 7) is 12.2. The average Bonchev–Trinajstić information content (AvgIpc) is 2.70. The molecule has 0 aliphatic carbocycles. The highest BCUT2D eigenvalue weighted by atomic mass is 32.2. The molecule has 1 aliphatic heterocycles. The highest BCUT2D eigenvalue weighted by Gasteiger charge is 2.20. The number of hydrogen-bond donors (Lipinski definition) is 1. The van der Waals surface area contributed by atoms with Gasteiger partial charge in [0.25, 0.3) is 0 Å². The van der Waals surface area contributed by atoms with Crippen molar-refractivity contribution in [3.05, 3.63) is 10.6 Å². The van der Waals surface area contributed by atoms with Crippen molar-refractivity contribution in [2.75, 3.05) is 29.5 Å². The monoisotopic (exact) mass is 327 g/mol. The summed E-state index contributed by atoms with van der Waals surface area (Å²) in [7, 11) is 0. The van der Waals surface area contributed by atoms with Gasteiger partial charge in [-0.3, -0.25) is 0 Å². The lowest BCUT2D eigenvalue weighted by Crippen LogP contribution is -2.25. The standard InChI is InChI=1S/C16H29N3S2/c1-5-13(4)15-14(11-17-12(2)3)21-16(18-15)19-7-6-9-20-10-8-19/h12-13,17H,5-11H2,1-4H3. The first-order valence-corrected chi connectivity index (χ1v) is 10.1. The predicted molar refractivity (Wildman–Crippen MR) is 97.0 cm³/mol. The first-order chi connectivity index (χ1) is 10.1. The molecule has 2 heterocycles. The van der Waals surface area contributed by atoms with Crippen LogP contribution < -0.4 is 10.2 Å². The maximum Gasteiger partial charge on any atom is 0.185 e. The number of thioether (sulfide) groups is 1. The van der Waals surface area contributed by atoms with Gasteiger partial charge < -0.3 is 10.2 Å². The van der Waals surface area contributed by atoms with E-state index in [1.807, 2.05) is 11.3 Å². The molecule has 0 radical (unpaired) electrons. The fourth-order valence-electron chi connectivity index (χ4n) is 2.43. The molecule has 1 saturated heterocycles. The van der Waals surface area contributed by atoms with Gasteiger partial charge in [-0.1, -0.05) is 27.7 Å². The Hall–Kier alpha value is -0.260. The van der Waals surface area contributed by atoms with Crippen LogP contribution in [0.4, 0.5) is 5.13 Å². The Kier molecular flexibility index (Phi) is 6.83. The van der Waals surface area contributed by atoms with E-state index in [1.165, 1.54) is 33.6 Å². The topological polar surface area (TPSA) is 28.2 Å². The number of nitrogens with one attached hydrogen (secondary N) is 1. The second kappa shape index (κ2) is 8.39. The number of aromatic nitrogens is 1. The van der Waals surface area contributed by atoms with E-state index < -0.39 is 0 Å². The highest BCUT2D eigenvalue weighted by Crippen LogP contribution is 2.33. The minimum atomic E-state index is 0.523. The van der Waals surface area contributed by atoms with Gasteiger partial charge in [0, 0.05) is 36.3 Å². The molecule has 1 atom stereocenters. The lowest BCUT2D eigenvalue weighted by Gasteiger charge is -2.18. The largest absolute Gasteiger partial charge is 0.347 e. The predicted octanol–water partition coefficient (Wildman–Crippen LogP) is 4.10. The fourth-order valence-corrected chi connectivity index (χ4v) is 4.49. The van der Waals surface area contributed by atoms with Gasteiger partial charge in [0.05, 0.1) is 5.69 Å². The molecule has 0 saturated carbocycles. The van der Waals surface area contributed by atoms with Gasteiger partial charge in [0.15, 0.2) is 5.13 Å². The molecule has 1 aliphatic rings. The lowest BCUT2D eigenvalue weighted by molar-refractivity contribution is 0.584. The van der Waals surface area contributed by atoms with Gasteiger partial charge in [0.2, 0.25) is 0 Å². The van der Waals surface area contributed by atoms with Crippen LogP contribution in [0.25, 0.3) is 0 Å². The van der Waals surface area contributed by atoms with Crippen molar-refractivity contribution in [1.29, 1.82) is 0 Å².